The summed E-state index contributed by atoms with van der Waals surface area (Å²) >= 11 is 6.28. The lowest BCUT2D eigenvalue weighted by atomic mass is 9.95. The zero-order chi connectivity index (χ0) is 26.5. The fourth-order valence-electron chi connectivity index (χ4n) is 5.13. The summed E-state index contributed by atoms with van der Waals surface area (Å²) < 4.78 is 49.5. The first-order valence-corrected chi connectivity index (χ1v) is 12.7. The monoisotopic (exact) mass is 534 g/mol. The van der Waals surface area contributed by atoms with Crippen LogP contribution in [0.1, 0.15) is 55.5 Å². The molecule has 0 amide bonds. The van der Waals surface area contributed by atoms with Crippen molar-refractivity contribution in [1.29, 1.82) is 0 Å². The molecular weight excluding hydrogens is 505 g/mol. The summed E-state index contributed by atoms with van der Waals surface area (Å²) in [5.41, 5.74) is 0.362. The van der Waals surface area contributed by atoms with Crippen LogP contribution in [-0.4, -0.2) is 56.6 Å². The van der Waals surface area contributed by atoms with Crippen molar-refractivity contribution in [1.82, 2.24) is 24.6 Å². The Hall–Kier alpha value is -2.85. The number of pyridine rings is 1. The number of methoxy groups -OCH3 is 1. The van der Waals surface area contributed by atoms with E-state index in [1.165, 1.54) is 18.7 Å². The summed E-state index contributed by atoms with van der Waals surface area (Å²) in [4.78, 5) is 8.30. The highest BCUT2D eigenvalue weighted by Gasteiger charge is 2.52. The van der Waals surface area contributed by atoms with E-state index in [-0.39, 0.29) is 19.0 Å². The van der Waals surface area contributed by atoms with E-state index < -0.39 is 11.7 Å². The Kier molecular flexibility index (Phi) is 6.60. The quantitative estimate of drug-likeness (QED) is 0.430. The Balaban J connectivity index is 1.47. The Labute approximate surface area is 219 Å². The molecule has 3 aromatic rings. The summed E-state index contributed by atoms with van der Waals surface area (Å²) in [6.07, 6.45) is -2.81. The average Bonchev–Trinajstić information content (AvgIpc) is 3.19. The molecule has 5 rings (SSSR count). The van der Waals surface area contributed by atoms with Crippen molar-refractivity contribution in [2.45, 2.75) is 64.3 Å². The number of fused-ring (bicyclic) bond motifs is 3. The van der Waals surface area contributed by atoms with Gasteiger partial charge in [-0.2, -0.15) is 13.2 Å². The SMILES string of the molecule is COc1ccc(C)nc1N1CCC(c2nnc3n2-c2ccc(Cl)cc2CN(C(C)(C)C(F)(F)F)C3)CC1. The number of rotatable bonds is 4. The maximum absolute atomic E-state index is 14.0. The summed E-state index contributed by atoms with van der Waals surface area (Å²) in [5.74, 6) is 2.93. The van der Waals surface area contributed by atoms with Crippen molar-refractivity contribution in [2.75, 3.05) is 25.1 Å². The van der Waals surface area contributed by atoms with Gasteiger partial charge in [0, 0.05) is 36.3 Å². The van der Waals surface area contributed by atoms with Gasteiger partial charge in [-0.1, -0.05) is 11.6 Å². The normalized spacial score (nSPS) is 17.4. The van der Waals surface area contributed by atoms with Gasteiger partial charge in [-0.05, 0) is 69.5 Å². The number of hydrogen-bond donors (Lipinski definition) is 0. The maximum atomic E-state index is 14.0. The summed E-state index contributed by atoms with van der Waals surface area (Å²) in [6, 6.07) is 9.21. The first kappa shape index (κ1) is 25.8. The average molecular weight is 535 g/mol. The van der Waals surface area contributed by atoms with Gasteiger partial charge in [0.05, 0.1) is 19.3 Å². The lowest BCUT2D eigenvalue weighted by molar-refractivity contribution is -0.224. The van der Waals surface area contributed by atoms with Crippen LogP contribution in [0.4, 0.5) is 19.0 Å². The first-order valence-electron chi connectivity index (χ1n) is 12.3. The number of aryl methyl sites for hydroxylation is 1. The fraction of sp³-hybridized carbons (Fsp3) is 0.500. The maximum Gasteiger partial charge on any atom is 0.406 e. The zero-order valence-electron chi connectivity index (χ0n) is 21.3. The molecule has 0 aliphatic carbocycles. The van der Waals surface area contributed by atoms with Gasteiger partial charge in [-0.25, -0.2) is 4.98 Å². The van der Waals surface area contributed by atoms with Gasteiger partial charge >= 0.3 is 6.18 Å². The third-order valence-corrected chi connectivity index (χ3v) is 7.81. The predicted octanol–water partition coefficient (Wildman–Crippen LogP) is 5.67. The molecule has 1 fully saturated rings. The van der Waals surface area contributed by atoms with Gasteiger partial charge < -0.3 is 9.64 Å². The van der Waals surface area contributed by atoms with E-state index in [1.807, 2.05) is 29.7 Å². The van der Waals surface area contributed by atoms with Crippen LogP contribution >= 0.6 is 11.6 Å². The molecule has 2 aliphatic heterocycles. The second-order valence-electron chi connectivity index (χ2n) is 10.2. The third kappa shape index (κ3) is 4.65. The largest absolute Gasteiger partial charge is 0.493 e. The van der Waals surface area contributed by atoms with Gasteiger partial charge in [0.15, 0.2) is 17.4 Å². The number of hydrogen-bond acceptors (Lipinski definition) is 6. The number of ether oxygens (including phenoxy) is 1. The molecule has 4 heterocycles. The number of benzene rings is 1. The van der Waals surface area contributed by atoms with Gasteiger partial charge in [0.1, 0.15) is 11.4 Å². The molecule has 0 radical (unpaired) electrons. The van der Waals surface area contributed by atoms with Crippen LogP contribution in [0.25, 0.3) is 5.69 Å². The number of alkyl halides is 3. The highest BCUT2D eigenvalue weighted by molar-refractivity contribution is 6.30. The van der Waals surface area contributed by atoms with Crippen molar-refractivity contribution < 1.29 is 17.9 Å². The second-order valence-corrected chi connectivity index (χ2v) is 10.7. The van der Waals surface area contributed by atoms with Crippen molar-refractivity contribution in [3.8, 4) is 11.4 Å². The van der Waals surface area contributed by atoms with Crippen LogP contribution in [0, 0.1) is 6.92 Å². The Morgan fingerprint density at radius 1 is 1.03 bits per heavy atom. The van der Waals surface area contributed by atoms with Crippen LogP contribution in [0.2, 0.25) is 5.02 Å². The molecule has 0 N–H and O–H groups in total. The molecule has 1 saturated heterocycles. The van der Waals surface area contributed by atoms with Crippen LogP contribution in [0.3, 0.4) is 0 Å². The standard InChI is InChI=1S/C26H30ClF3N6O/c1-16-5-8-21(37-4)24(31-16)34-11-9-17(10-12-34)23-33-32-22-15-35(25(2,3)26(28,29)30)14-18-13-19(27)6-7-20(18)36(22)23/h5-8,13,17H,9-12,14-15H2,1-4H3. The molecular formula is C26H30ClF3N6O. The Morgan fingerprint density at radius 2 is 1.76 bits per heavy atom. The van der Waals surface area contributed by atoms with E-state index in [2.05, 4.69) is 20.1 Å². The van der Waals surface area contributed by atoms with Crippen molar-refractivity contribution >= 4 is 17.4 Å². The molecule has 0 saturated carbocycles. The van der Waals surface area contributed by atoms with Crippen molar-refractivity contribution in [3.63, 3.8) is 0 Å². The van der Waals surface area contributed by atoms with Crippen molar-refractivity contribution in [3.05, 3.63) is 58.3 Å². The lowest BCUT2D eigenvalue weighted by Crippen LogP contribution is -2.53. The van der Waals surface area contributed by atoms with E-state index >= 15 is 0 Å². The van der Waals surface area contributed by atoms with Crippen LogP contribution in [0.5, 0.6) is 5.75 Å². The summed E-state index contributed by atoms with van der Waals surface area (Å²) in [5, 5.41) is 9.40. The highest BCUT2D eigenvalue weighted by atomic mass is 35.5. The molecule has 7 nitrogen and oxygen atoms in total. The van der Waals surface area contributed by atoms with Gasteiger partial charge in [-0.15, -0.1) is 10.2 Å². The lowest BCUT2D eigenvalue weighted by Gasteiger charge is -2.38. The molecule has 0 atom stereocenters. The number of halogens is 4. The Morgan fingerprint density at radius 3 is 2.43 bits per heavy atom. The molecule has 1 aromatic carbocycles. The molecule has 37 heavy (non-hydrogen) atoms. The molecule has 2 aromatic heterocycles. The highest BCUT2D eigenvalue weighted by Crippen LogP contribution is 2.41. The minimum absolute atomic E-state index is 0.0229. The van der Waals surface area contributed by atoms with Gasteiger partial charge in [-0.3, -0.25) is 9.47 Å². The number of nitrogens with zero attached hydrogens (tertiary/aromatic N) is 6. The zero-order valence-corrected chi connectivity index (χ0v) is 22.1. The fourth-order valence-corrected chi connectivity index (χ4v) is 5.33. The molecule has 0 unspecified atom stereocenters. The summed E-state index contributed by atoms with van der Waals surface area (Å²) in [7, 11) is 1.64. The van der Waals surface area contributed by atoms with Gasteiger partial charge in [0.2, 0.25) is 0 Å². The van der Waals surface area contributed by atoms with E-state index in [1.54, 1.807) is 19.2 Å². The van der Waals surface area contributed by atoms with Crippen LogP contribution < -0.4 is 9.64 Å². The summed E-state index contributed by atoms with van der Waals surface area (Å²) in [6.45, 7) is 5.98. The minimum Gasteiger partial charge on any atom is -0.493 e. The Bertz CT molecular complexity index is 1300. The molecule has 0 spiro atoms. The predicted molar refractivity (Wildman–Crippen MR) is 135 cm³/mol. The third-order valence-electron chi connectivity index (χ3n) is 7.57. The first-order chi connectivity index (χ1) is 17.5. The second kappa shape index (κ2) is 9.47. The smallest absolute Gasteiger partial charge is 0.406 e. The number of anilines is 1. The van der Waals surface area contributed by atoms with E-state index in [0.29, 0.717) is 10.8 Å². The molecule has 198 valence electrons. The molecule has 11 heteroatoms. The topological polar surface area (TPSA) is 59.3 Å². The van der Waals surface area contributed by atoms with Crippen LogP contribution in [-0.2, 0) is 13.1 Å². The minimum atomic E-state index is -4.42. The van der Waals surface area contributed by atoms with E-state index in [4.69, 9.17) is 16.3 Å². The number of piperidine rings is 1. The molecule has 0 bridgehead atoms. The van der Waals surface area contributed by atoms with E-state index in [0.717, 1.165) is 60.3 Å². The van der Waals surface area contributed by atoms with E-state index in [9.17, 15) is 13.2 Å². The van der Waals surface area contributed by atoms with Crippen molar-refractivity contribution in [2.24, 2.45) is 0 Å². The van der Waals surface area contributed by atoms with Crippen LogP contribution in [0.15, 0.2) is 30.3 Å². The number of aromatic nitrogens is 4. The van der Waals surface area contributed by atoms with Gasteiger partial charge in [0.25, 0.3) is 0 Å². The molecule has 2 aliphatic rings.